The summed E-state index contributed by atoms with van der Waals surface area (Å²) in [5, 5.41) is 9.27. The Kier molecular flexibility index (Phi) is 5.04. The first kappa shape index (κ1) is 19.4. The zero-order valence-electron chi connectivity index (χ0n) is 15.7. The minimum absolute atomic E-state index is 0.0365. The summed E-state index contributed by atoms with van der Waals surface area (Å²) in [6, 6.07) is 23.4. The van der Waals surface area contributed by atoms with Gasteiger partial charge in [0.05, 0.1) is 27.4 Å². The molecule has 8 heteroatoms. The lowest BCUT2D eigenvalue weighted by Gasteiger charge is -2.16. The number of benzene rings is 3. The Morgan fingerprint density at radius 1 is 0.933 bits per heavy atom. The van der Waals surface area contributed by atoms with E-state index in [2.05, 4.69) is 9.82 Å². The fourth-order valence-corrected chi connectivity index (χ4v) is 4.09. The summed E-state index contributed by atoms with van der Waals surface area (Å²) in [6.45, 7) is 0. The quantitative estimate of drug-likeness (QED) is 0.539. The molecule has 1 heterocycles. The number of hydrogen-bond donors (Lipinski definition) is 1. The van der Waals surface area contributed by atoms with Crippen LogP contribution in [-0.4, -0.2) is 18.1 Å². The molecular weight excluding hydrogens is 400 g/mol. The lowest BCUT2D eigenvalue weighted by Crippen LogP contribution is -2.36. The highest BCUT2D eigenvalue weighted by molar-refractivity contribution is 7.92. The molecule has 7 nitrogen and oxygen atoms in total. The van der Waals surface area contributed by atoms with Crippen LogP contribution in [0, 0.1) is 11.3 Å². The van der Waals surface area contributed by atoms with E-state index in [1.54, 1.807) is 66.7 Å². The lowest BCUT2D eigenvalue weighted by molar-refractivity contribution is 0.592. The van der Waals surface area contributed by atoms with E-state index in [1.165, 1.54) is 12.1 Å². The predicted molar refractivity (Wildman–Crippen MR) is 113 cm³/mol. The van der Waals surface area contributed by atoms with Gasteiger partial charge in [-0.15, -0.1) is 0 Å². The smallest absolute Gasteiger partial charge is 0.267 e. The molecule has 0 atom stereocenters. The summed E-state index contributed by atoms with van der Waals surface area (Å²) in [5.41, 5.74) is 1.25. The molecule has 1 N–H and O–H groups in total. The molecule has 0 saturated carbocycles. The molecule has 0 saturated heterocycles. The third kappa shape index (κ3) is 3.79. The Morgan fingerprint density at radius 3 is 2.30 bits per heavy atom. The maximum absolute atomic E-state index is 13.1. The van der Waals surface area contributed by atoms with Gasteiger partial charge in [0.15, 0.2) is 0 Å². The summed E-state index contributed by atoms with van der Waals surface area (Å²) in [5.74, 6) is 0.239. The van der Waals surface area contributed by atoms with Crippen LogP contribution in [0.2, 0.25) is 0 Å². The SMILES string of the molecule is N#Cc1ccc(Cc2nc3ccccc3c(=O)n2NS(=O)(=O)c2ccccc2)cc1. The molecule has 3 aromatic carbocycles. The highest BCUT2D eigenvalue weighted by Crippen LogP contribution is 2.14. The Morgan fingerprint density at radius 2 is 1.60 bits per heavy atom. The Balaban J connectivity index is 1.84. The number of para-hydroxylation sites is 1. The van der Waals surface area contributed by atoms with Crippen molar-refractivity contribution in [2.75, 3.05) is 4.83 Å². The van der Waals surface area contributed by atoms with E-state index in [-0.39, 0.29) is 17.1 Å². The van der Waals surface area contributed by atoms with Gasteiger partial charge in [-0.05, 0) is 42.0 Å². The number of rotatable bonds is 5. The molecule has 0 radical (unpaired) electrons. The third-order valence-corrected chi connectivity index (χ3v) is 5.87. The monoisotopic (exact) mass is 416 g/mol. The van der Waals surface area contributed by atoms with E-state index in [4.69, 9.17) is 5.26 Å². The van der Waals surface area contributed by atoms with E-state index >= 15 is 0 Å². The summed E-state index contributed by atoms with van der Waals surface area (Å²) >= 11 is 0. The highest BCUT2D eigenvalue weighted by Gasteiger charge is 2.19. The number of nitrogens with one attached hydrogen (secondary N) is 1. The molecule has 0 amide bonds. The van der Waals surface area contributed by atoms with Gasteiger partial charge in [-0.25, -0.2) is 9.82 Å². The van der Waals surface area contributed by atoms with Crippen molar-refractivity contribution in [3.8, 4) is 6.07 Å². The minimum atomic E-state index is -4.00. The Labute approximate surface area is 172 Å². The van der Waals surface area contributed by atoms with Crippen LogP contribution in [0.5, 0.6) is 0 Å². The van der Waals surface area contributed by atoms with Crippen molar-refractivity contribution < 1.29 is 8.42 Å². The Bertz CT molecular complexity index is 1420. The van der Waals surface area contributed by atoms with Gasteiger partial charge in [0.2, 0.25) is 0 Å². The van der Waals surface area contributed by atoms with Crippen molar-refractivity contribution in [2.45, 2.75) is 11.3 Å². The maximum Gasteiger partial charge on any atom is 0.280 e. The number of sulfonamides is 1. The second-order valence-corrected chi connectivity index (χ2v) is 8.24. The topological polar surface area (TPSA) is 105 Å². The number of nitriles is 1. The van der Waals surface area contributed by atoms with Gasteiger partial charge in [0, 0.05) is 6.42 Å². The number of aromatic nitrogens is 2. The van der Waals surface area contributed by atoms with Crippen molar-refractivity contribution >= 4 is 20.9 Å². The van der Waals surface area contributed by atoms with Gasteiger partial charge in [-0.2, -0.15) is 18.4 Å². The third-order valence-electron chi connectivity index (χ3n) is 4.56. The van der Waals surface area contributed by atoms with Gasteiger partial charge in [0.25, 0.3) is 15.6 Å². The van der Waals surface area contributed by atoms with Crippen molar-refractivity contribution in [3.63, 3.8) is 0 Å². The average Bonchev–Trinajstić information content (AvgIpc) is 2.77. The van der Waals surface area contributed by atoms with E-state index in [0.29, 0.717) is 16.5 Å². The molecule has 4 rings (SSSR count). The number of nitrogens with zero attached hydrogens (tertiary/aromatic N) is 3. The van der Waals surface area contributed by atoms with Crippen molar-refractivity contribution in [2.24, 2.45) is 0 Å². The van der Waals surface area contributed by atoms with Crippen LogP contribution in [0.1, 0.15) is 17.0 Å². The molecular formula is C22H16N4O3S. The molecule has 1 aromatic heterocycles. The fourth-order valence-electron chi connectivity index (χ4n) is 3.04. The summed E-state index contributed by atoms with van der Waals surface area (Å²) < 4.78 is 26.7. The number of hydrogen-bond acceptors (Lipinski definition) is 5. The molecule has 0 aliphatic carbocycles. The standard InChI is InChI=1S/C22H16N4O3S/c23-15-17-12-10-16(11-13-17)14-21-24-20-9-5-4-8-19(20)22(27)26(21)25-30(28,29)18-6-2-1-3-7-18/h1-13,25H,14H2. The fraction of sp³-hybridized carbons (Fsp3) is 0.0455. The molecule has 30 heavy (non-hydrogen) atoms. The van der Waals surface area contributed by atoms with Crippen molar-refractivity contribution in [1.29, 1.82) is 5.26 Å². The van der Waals surface area contributed by atoms with Gasteiger partial charge in [0.1, 0.15) is 5.82 Å². The van der Waals surface area contributed by atoms with Crippen LogP contribution in [0.4, 0.5) is 0 Å². The van der Waals surface area contributed by atoms with Crippen LogP contribution < -0.4 is 10.4 Å². The first-order valence-electron chi connectivity index (χ1n) is 9.05. The van der Waals surface area contributed by atoms with Gasteiger partial charge in [-0.1, -0.05) is 42.5 Å². The van der Waals surface area contributed by atoms with Gasteiger partial charge in [-0.3, -0.25) is 4.79 Å². The molecule has 0 aliphatic rings. The lowest BCUT2D eigenvalue weighted by atomic mass is 10.1. The minimum Gasteiger partial charge on any atom is -0.267 e. The summed E-state index contributed by atoms with van der Waals surface area (Å²) in [4.78, 5) is 20.0. The normalized spacial score (nSPS) is 11.2. The van der Waals surface area contributed by atoms with Crippen LogP contribution in [0.3, 0.4) is 0 Å². The van der Waals surface area contributed by atoms with E-state index in [1.807, 2.05) is 6.07 Å². The largest absolute Gasteiger partial charge is 0.280 e. The van der Waals surface area contributed by atoms with E-state index in [9.17, 15) is 13.2 Å². The van der Waals surface area contributed by atoms with E-state index < -0.39 is 15.6 Å². The summed E-state index contributed by atoms with van der Waals surface area (Å²) in [7, 11) is -4.00. The predicted octanol–water partition coefficient (Wildman–Crippen LogP) is 2.79. The Hall–Kier alpha value is -3.96. The van der Waals surface area contributed by atoms with Crippen LogP contribution >= 0.6 is 0 Å². The van der Waals surface area contributed by atoms with E-state index in [0.717, 1.165) is 10.2 Å². The molecule has 0 spiro atoms. The van der Waals surface area contributed by atoms with Gasteiger partial charge >= 0.3 is 0 Å². The molecule has 0 unspecified atom stereocenters. The molecule has 0 aliphatic heterocycles. The summed E-state index contributed by atoms with van der Waals surface area (Å²) in [6.07, 6.45) is 0.198. The molecule has 0 fully saturated rings. The first-order valence-corrected chi connectivity index (χ1v) is 10.5. The zero-order chi connectivity index (χ0) is 21.1. The van der Waals surface area contributed by atoms with Crippen LogP contribution in [0.25, 0.3) is 10.9 Å². The molecule has 148 valence electrons. The van der Waals surface area contributed by atoms with Crippen molar-refractivity contribution in [1.82, 2.24) is 9.66 Å². The van der Waals surface area contributed by atoms with Crippen LogP contribution in [0.15, 0.2) is 88.6 Å². The molecule has 4 aromatic rings. The number of fused-ring (bicyclic) bond motifs is 1. The average molecular weight is 416 g/mol. The van der Waals surface area contributed by atoms with Crippen LogP contribution in [-0.2, 0) is 16.4 Å². The second kappa shape index (κ2) is 7.81. The van der Waals surface area contributed by atoms with Gasteiger partial charge < -0.3 is 0 Å². The maximum atomic E-state index is 13.1. The van der Waals surface area contributed by atoms with Crippen molar-refractivity contribution in [3.05, 3.63) is 106 Å². The highest BCUT2D eigenvalue weighted by atomic mass is 32.2. The second-order valence-electron chi connectivity index (χ2n) is 6.58. The molecule has 0 bridgehead atoms. The first-order chi connectivity index (χ1) is 14.5. The zero-order valence-corrected chi connectivity index (χ0v) is 16.5.